The summed E-state index contributed by atoms with van der Waals surface area (Å²) in [7, 11) is -0.143. The number of ether oxygens (including phenoxy) is 2. The van der Waals surface area contributed by atoms with Crippen LogP contribution < -0.4 is 4.74 Å². The first kappa shape index (κ1) is 23.4. The van der Waals surface area contributed by atoms with Gasteiger partial charge in [0.15, 0.2) is 14.9 Å². The first-order chi connectivity index (χ1) is 16.1. The van der Waals surface area contributed by atoms with Crippen molar-refractivity contribution < 1.29 is 27.1 Å². The topological polar surface area (TPSA) is 114 Å². The lowest BCUT2D eigenvalue weighted by atomic mass is 10.1. The number of halogens is 1. The largest absolute Gasteiger partial charge is 0.468 e. The summed E-state index contributed by atoms with van der Waals surface area (Å²) in [6.45, 7) is -0.354. The van der Waals surface area contributed by atoms with Gasteiger partial charge in [0.05, 0.1) is 12.7 Å². The number of hydrogen-bond acceptors (Lipinski definition) is 7. The second kappa shape index (κ2) is 9.26. The van der Waals surface area contributed by atoms with Crippen molar-refractivity contribution in [3.63, 3.8) is 0 Å². The van der Waals surface area contributed by atoms with Crippen molar-refractivity contribution in [2.75, 3.05) is 33.6 Å². The summed E-state index contributed by atoms with van der Waals surface area (Å²) in [5, 5.41) is -0.0666. The molecule has 0 unspecified atom stereocenters. The third kappa shape index (κ3) is 5.09. The molecule has 0 radical (unpaired) electrons. The SMILES string of the molecule is CN(C)C(=O)c1cc(Oc2ccc(S(C)(=O)=O)nc2)cc(-c2ccc(C3=NC[C@H](CF)O3)[nH]2)c1. The van der Waals surface area contributed by atoms with Crippen molar-refractivity contribution in [3.05, 3.63) is 59.9 Å². The number of amides is 1. The number of aliphatic imine (C=N–C) groups is 1. The number of hydrogen-bond donors (Lipinski definition) is 1. The Morgan fingerprint density at radius 2 is 1.94 bits per heavy atom. The molecule has 3 aromatic rings. The van der Waals surface area contributed by atoms with Crippen molar-refractivity contribution in [3.8, 4) is 22.8 Å². The van der Waals surface area contributed by atoms with Gasteiger partial charge in [-0.05, 0) is 42.5 Å². The summed E-state index contributed by atoms with van der Waals surface area (Å²) in [4.78, 5) is 25.5. The van der Waals surface area contributed by atoms with Gasteiger partial charge >= 0.3 is 0 Å². The monoisotopic (exact) mass is 486 g/mol. The van der Waals surface area contributed by atoms with Crippen LogP contribution >= 0.6 is 0 Å². The smallest absolute Gasteiger partial charge is 0.253 e. The molecule has 1 aliphatic rings. The Balaban J connectivity index is 1.66. The van der Waals surface area contributed by atoms with Crippen LogP contribution in [0.5, 0.6) is 11.5 Å². The van der Waals surface area contributed by atoms with Gasteiger partial charge in [0.2, 0.25) is 5.90 Å². The van der Waals surface area contributed by atoms with Crippen molar-refractivity contribution >= 4 is 21.6 Å². The molecule has 0 aliphatic carbocycles. The molecule has 0 saturated carbocycles. The van der Waals surface area contributed by atoms with E-state index in [1.165, 1.54) is 23.2 Å². The maximum absolute atomic E-state index is 12.9. The minimum atomic E-state index is -3.43. The Morgan fingerprint density at radius 1 is 1.18 bits per heavy atom. The highest BCUT2D eigenvalue weighted by Crippen LogP contribution is 2.30. The zero-order valence-corrected chi connectivity index (χ0v) is 19.6. The molecule has 1 aromatic carbocycles. The summed E-state index contributed by atoms with van der Waals surface area (Å²) in [5.41, 5.74) is 2.32. The maximum atomic E-state index is 12.9. The van der Waals surface area contributed by atoms with E-state index in [1.807, 2.05) is 0 Å². The van der Waals surface area contributed by atoms with Crippen LogP contribution in [-0.4, -0.2) is 74.8 Å². The molecule has 178 valence electrons. The minimum absolute atomic E-state index is 0.0666. The number of pyridine rings is 1. The summed E-state index contributed by atoms with van der Waals surface area (Å²) >= 11 is 0. The lowest BCUT2D eigenvalue weighted by Gasteiger charge is -2.14. The van der Waals surface area contributed by atoms with Crippen LogP contribution in [0.1, 0.15) is 16.1 Å². The van der Waals surface area contributed by atoms with Gasteiger partial charge in [0, 0.05) is 37.2 Å². The number of rotatable bonds is 7. The Bertz CT molecular complexity index is 1350. The van der Waals surface area contributed by atoms with Crippen LogP contribution in [0, 0.1) is 0 Å². The van der Waals surface area contributed by atoms with E-state index >= 15 is 0 Å². The molecule has 1 amide bonds. The van der Waals surface area contributed by atoms with E-state index in [2.05, 4.69) is 15.0 Å². The molecule has 0 saturated heterocycles. The summed E-state index contributed by atoms with van der Waals surface area (Å²) in [6, 6.07) is 11.5. The van der Waals surface area contributed by atoms with Crippen molar-refractivity contribution in [1.29, 1.82) is 0 Å². The van der Waals surface area contributed by atoms with Gasteiger partial charge in [0.25, 0.3) is 5.91 Å². The third-order valence-corrected chi connectivity index (χ3v) is 6.00. The van der Waals surface area contributed by atoms with Crippen LogP contribution in [0.4, 0.5) is 4.39 Å². The average Bonchev–Trinajstić information content (AvgIpc) is 3.47. The van der Waals surface area contributed by atoms with E-state index in [9.17, 15) is 17.6 Å². The standard InChI is InChI=1S/C23H23FN4O5S/c1-28(2)23(29)15-8-14(19-5-6-20(27-19)22-26-13-18(11-24)33-22)9-17(10-15)32-16-4-7-21(25-12-16)34(3,30)31/h4-10,12,18,27H,11,13H2,1-3H3/t18-/m0/s1. The molecule has 1 atom stereocenters. The van der Waals surface area contributed by atoms with Crippen molar-refractivity contribution in [1.82, 2.24) is 14.9 Å². The highest BCUT2D eigenvalue weighted by molar-refractivity contribution is 7.90. The molecular formula is C23H23FN4O5S. The Kier molecular flexibility index (Phi) is 6.38. The quantitative estimate of drug-likeness (QED) is 0.549. The molecule has 4 rings (SSSR count). The van der Waals surface area contributed by atoms with E-state index < -0.39 is 22.6 Å². The minimum Gasteiger partial charge on any atom is -0.468 e. The highest BCUT2D eigenvalue weighted by atomic mass is 32.2. The van der Waals surface area contributed by atoms with Crippen LogP contribution in [0.25, 0.3) is 11.3 Å². The van der Waals surface area contributed by atoms with E-state index in [-0.39, 0.29) is 17.5 Å². The Morgan fingerprint density at radius 3 is 2.56 bits per heavy atom. The highest BCUT2D eigenvalue weighted by Gasteiger charge is 2.22. The molecule has 1 aliphatic heterocycles. The second-order valence-electron chi connectivity index (χ2n) is 7.98. The van der Waals surface area contributed by atoms with Crippen LogP contribution in [-0.2, 0) is 14.6 Å². The van der Waals surface area contributed by atoms with E-state index in [4.69, 9.17) is 9.47 Å². The van der Waals surface area contributed by atoms with E-state index in [1.54, 1.807) is 44.4 Å². The number of nitrogens with zero attached hydrogens (tertiary/aromatic N) is 3. The Hall–Kier alpha value is -3.73. The lowest BCUT2D eigenvalue weighted by molar-refractivity contribution is 0.0827. The first-order valence-electron chi connectivity index (χ1n) is 10.3. The molecular weight excluding hydrogens is 463 g/mol. The summed E-state index contributed by atoms with van der Waals surface area (Å²) in [5.74, 6) is 0.784. The molecule has 1 N–H and O–H groups in total. The lowest BCUT2D eigenvalue weighted by Crippen LogP contribution is -2.21. The number of aromatic amines is 1. The average molecular weight is 487 g/mol. The van der Waals surface area contributed by atoms with Gasteiger partial charge in [-0.15, -0.1) is 0 Å². The predicted octanol–water partition coefficient (Wildman–Crippen LogP) is 3.09. The fraction of sp³-hybridized carbons (Fsp3) is 0.261. The number of aromatic nitrogens is 2. The number of benzene rings is 1. The number of nitrogens with one attached hydrogen (secondary N) is 1. The molecule has 0 fully saturated rings. The van der Waals surface area contributed by atoms with Gasteiger partial charge in [-0.1, -0.05) is 0 Å². The van der Waals surface area contributed by atoms with E-state index in [0.717, 1.165) is 6.26 Å². The van der Waals surface area contributed by atoms with Gasteiger partial charge in [0.1, 0.15) is 30.0 Å². The van der Waals surface area contributed by atoms with Crippen molar-refractivity contribution in [2.45, 2.75) is 11.1 Å². The van der Waals surface area contributed by atoms with Crippen LogP contribution in [0.3, 0.4) is 0 Å². The molecule has 9 nitrogen and oxygen atoms in total. The Labute approximate surface area is 196 Å². The molecule has 2 aromatic heterocycles. The normalized spacial score (nSPS) is 15.5. The van der Waals surface area contributed by atoms with Gasteiger partial charge in [-0.3, -0.25) is 4.79 Å². The number of alkyl halides is 1. The maximum Gasteiger partial charge on any atom is 0.253 e. The molecule has 0 spiro atoms. The van der Waals surface area contributed by atoms with Gasteiger partial charge < -0.3 is 19.4 Å². The zero-order chi connectivity index (χ0) is 24.5. The van der Waals surface area contributed by atoms with Gasteiger partial charge in [-0.25, -0.2) is 22.8 Å². The summed E-state index contributed by atoms with van der Waals surface area (Å²) in [6.07, 6.45) is 1.80. The third-order valence-electron chi connectivity index (χ3n) is 5.00. The molecule has 11 heteroatoms. The number of sulfone groups is 1. The number of carbonyl (C=O) groups excluding carboxylic acids is 1. The van der Waals surface area contributed by atoms with Crippen LogP contribution in [0.2, 0.25) is 0 Å². The number of H-pyrrole nitrogens is 1. The fourth-order valence-corrected chi connectivity index (χ4v) is 3.87. The first-order valence-corrected chi connectivity index (χ1v) is 12.2. The van der Waals surface area contributed by atoms with E-state index in [0.29, 0.717) is 39.9 Å². The van der Waals surface area contributed by atoms with Gasteiger partial charge in [-0.2, -0.15) is 0 Å². The molecule has 34 heavy (non-hydrogen) atoms. The predicted molar refractivity (Wildman–Crippen MR) is 124 cm³/mol. The number of carbonyl (C=O) groups is 1. The second-order valence-corrected chi connectivity index (χ2v) is 9.94. The van der Waals surface area contributed by atoms with Crippen molar-refractivity contribution in [2.24, 2.45) is 4.99 Å². The summed E-state index contributed by atoms with van der Waals surface area (Å²) < 4.78 is 47.5. The fourth-order valence-electron chi connectivity index (χ4n) is 3.31. The molecule has 0 bridgehead atoms. The van der Waals surface area contributed by atoms with Crippen LogP contribution in [0.15, 0.2) is 58.7 Å². The molecule has 3 heterocycles. The zero-order valence-electron chi connectivity index (χ0n) is 18.8.